The molecule has 0 unspecified atom stereocenters. The van der Waals surface area contributed by atoms with Crippen LogP contribution in [0.25, 0.3) is 11.1 Å². The maximum Gasteiger partial charge on any atom is 0.265 e. The Morgan fingerprint density at radius 3 is 2.77 bits per heavy atom. The number of nitrogens with zero attached hydrogens (tertiary/aromatic N) is 3. The van der Waals surface area contributed by atoms with Crippen LogP contribution >= 0.6 is 0 Å². The van der Waals surface area contributed by atoms with Crippen LogP contribution in [0.15, 0.2) is 45.9 Å². The van der Waals surface area contributed by atoms with Crippen molar-refractivity contribution in [2.45, 2.75) is 13.5 Å². The Morgan fingerprint density at radius 2 is 2.04 bits per heavy atom. The lowest BCUT2D eigenvalue weighted by Crippen LogP contribution is -2.33. The molecule has 0 saturated carbocycles. The van der Waals surface area contributed by atoms with Crippen LogP contribution in [0.3, 0.4) is 0 Å². The molecule has 0 atom stereocenters. The molecule has 0 radical (unpaired) electrons. The summed E-state index contributed by atoms with van der Waals surface area (Å²) >= 11 is 0. The summed E-state index contributed by atoms with van der Waals surface area (Å²) in [5.41, 5.74) is 1.38. The van der Waals surface area contributed by atoms with Gasteiger partial charge in [0.05, 0.1) is 5.56 Å². The normalized spacial score (nSPS) is 11.2. The molecular formula is C19H22N4O3. The van der Waals surface area contributed by atoms with E-state index in [1.54, 1.807) is 14.0 Å². The first-order chi connectivity index (χ1) is 12.5. The average molecular weight is 354 g/mol. The number of hydrogen-bond donors (Lipinski definition) is 1. The first-order valence-corrected chi connectivity index (χ1v) is 8.42. The molecule has 0 bridgehead atoms. The van der Waals surface area contributed by atoms with E-state index in [2.05, 4.69) is 27.3 Å². The standard InChI is InChI=1S/C19H22N4O3/c1-13-15(16-18(26-13)21-12-23(3)19(16)25)17(24)20-9-10-22(2)11-14-7-5-4-6-8-14/h4-8,12H,9-11H2,1-3H3,(H,20,24). The lowest BCUT2D eigenvalue weighted by Gasteiger charge is -2.17. The molecule has 1 N–H and O–H groups in total. The summed E-state index contributed by atoms with van der Waals surface area (Å²) in [5.74, 6) is 0.0744. The van der Waals surface area contributed by atoms with E-state index in [4.69, 9.17) is 4.42 Å². The summed E-state index contributed by atoms with van der Waals surface area (Å²) in [7, 11) is 3.59. The molecule has 2 heterocycles. The zero-order valence-corrected chi connectivity index (χ0v) is 15.2. The molecule has 3 aromatic rings. The lowest BCUT2D eigenvalue weighted by atomic mass is 10.2. The van der Waals surface area contributed by atoms with Crippen molar-refractivity contribution >= 4 is 17.0 Å². The number of rotatable bonds is 6. The lowest BCUT2D eigenvalue weighted by molar-refractivity contribution is 0.0949. The van der Waals surface area contributed by atoms with E-state index in [-0.39, 0.29) is 28.1 Å². The Morgan fingerprint density at radius 1 is 1.31 bits per heavy atom. The Hall–Kier alpha value is -2.93. The van der Waals surface area contributed by atoms with Crippen LogP contribution in [0.1, 0.15) is 21.7 Å². The summed E-state index contributed by atoms with van der Waals surface area (Å²) in [6, 6.07) is 10.1. The molecular weight excluding hydrogens is 332 g/mol. The SMILES string of the molecule is Cc1oc2ncn(C)c(=O)c2c1C(=O)NCCN(C)Cc1ccccc1. The monoisotopic (exact) mass is 354 g/mol. The van der Waals surface area contributed by atoms with Gasteiger partial charge in [-0.1, -0.05) is 30.3 Å². The first-order valence-electron chi connectivity index (χ1n) is 8.42. The number of likely N-dealkylation sites (N-methyl/N-ethyl adjacent to an activating group) is 1. The summed E-state index contributed by atoms with van der Waals surface area (Å²) in [5, 5.41) is 3.09. The number of aryl methyl sites for hydroxylation is 2. The Labute approximate surface area is 151 Å². The second-order valence-electron chi connectivity index (χ2n) is 6.35. The van der Waals surface area contributed by atoms with Gasteiger partial charge in [-0.2, -0.15) is 0 Å². The van der Waals surface area contributed by atoms with Crippen molar-refractivity contribution < 1.29 is 9.21 Å². The third-order valence-corrected chi connectivity index (χ3v) is 4.25. The summed E-state index contributed by atoms with van der Waals surface area (Å²) in [6.45, 7) is 3.62. The zero-order valence-electron chi connectivity index (χ0n) is 15.2. The van der Waals surface area contributed by atoms with Crippen molar-refractivity contribution in [3.63, 3.8) is 0 Å². The van der Waals surface area contributed by atoms with Crippen LogP contribution in [0, 0.1) is 6.92 Å². The fraction of sp³-hybridized carbons (Fsp3) is 0.316. The van der Waals surface area contributed by atoms with Crippen molar-refractivity contribution in [3.8, 4) is 0 Å². The summed E-state index contributed by atoms with van der Waals surface area (Å²) < 4.78 is 6.80. The van der Waals surface area contributed by atoms with Crippen LogP contribution in [0.5, 0.6) is 0 Å². The minimum atomic E-state index is -0.320. The van der Waals surface area contributed by atoms with Gasteiger partial charge in [-0.3, -0.25) is 9.59 Å². The van der Waals surface area contributed by atoms with E-state index in [0.29, 0.717) is 18.8 Å². The molecule has 0 spiro atoms. The largest absolute Gasteiger partial charge is 0.442 e. The van der Waals surface area contributed by atoms with Gasteiger partial charge < -0.3 is 19.2 Å². The molecule has 0 saturated heterocycles. The van der Waals surface area contributed by atoms with Gasteiger partial charge in [-0.15, -0.1) is 0 Å². The number of carbonyl (C=O) groups excluding carboxylic acids is 1. The predicted octanol–water partition coefficient (Wildman–Crippen LogP) is 1.70. The Bertz CT molecular complexity index is 976. The summed E-state index contributed by atoms with van der Waals surface area (Å²) in [6.07, 6.45) is 1.38. The molecule has 0 aliphatic carbocycles. The quantitative estimate of drug-likeness (QED) is 0.729. The van der Waals surface area contributed by atoms with E-state index in [0.717, 1.165) is 6.54 Å². The molecule has 0 fully saturated rings. The van der Waals surface area contributed by atoms with Crippen molar-refractivity contribution in [1.82, 2.24) is 19.8 Å². The molecule has 1 amide bonds. The number of nitrogens with one attached hydrogen (secondary N) is 1. The highest BCUT2D eigenvalue weighted by atomic mass is 16.3. The van der Waals surface area contributed by atoms with Gasteiger partial charge in [-0.05, 0) is 19.5 Å². The van der Waals surface area contributed by atoms with Crippen LogP contribution in [0.4, 0.5) is 0 Å². The number of benzene rings is 1. The highest BCUT2D eigenvalue weighted by Crippen LogP contribution is 2.20. The molecule has 0 aliphatic rings. The van der Waals surface area contributed by atoms with Crippen molar-refractivity contribution in [2.75, 3.05) is 20.1 Å². The summed E-state index contributed by atoms with van der Waals surface area (Å²) in [4.78, 5) is 31.1. The third-order valence-electron chi connectivity index (χ3n) is 4.25. The zero-order chi connectivity index (χ0) is 18.7. The van der Waals surface area contributed by atoms with Crippen LogP contribution < -0.4 is 10.9 Å². The van der Waals surface area contributed by atoms with Crippen LogP contribution in [-0.4, -0.2) is 40.5 Å². The Balaban J connectivity index is 1.66. The second kappa shape index (κ2) is 7.53. The van der Waals surface area contributed by atoms with Gasteiger partial charge in [0.15, 0.2) is 0 Å². The van der Waals surface area contributed by atoms with Gasteiger partial charge in [0.25, 0.3) is 11.5 Å². The number of fused-ring (bicyclic) bond motifs is 1. The van der Waals surface area contributed by atoms with Crippen LogP contribution in [0.2, 0.25) is 0 Å². The number of aromatic nitrogens is 2. The van der Waals surface area contributed by atoms with Gasteiger partial charge in [-0.25, -0.2) is 4.98 Å². The number of furan rings is 1. The van der Waals surface area contributed by atoms with E-state index < -0.39 is 0 Å². The van der Waals surface area contributed by atoms with Crippen LogP contribution in [-0.2, 0) is 13.6 Å². The van der Waals surface area contributed by atoms with Crippen molar-refractivity contribution in [1.29, 1.82) is 0 Å². The minimum absolute atomic E-state index is 0.192. The highest BCUT2D eigenvalue weighted by molar-refractivity contribution is 6.06. The maximum atomic E-state index is 12.6. The second-order valence-corrected chi connectivity index (χ2v) is 6.35. The number of carbonyl (C=O) groups is 1. The molecule has 7 nitrogen and oxygen atoms in total. The van der Waals surface area contributed by atoms with E-state index in [1.165, 1.54) is 16.5 Å². The topological polar surface area (TPSA) is 80.4 Å². The molecule has 0 aliphatic heterocycles. The average Bonchev–Trinajstić information content (AvgIpc) is 2.96. The minimum Gasteiger partial charge on any atom is -0.442 e. The molecule has 2 aromatic heterocycles. The smallest absolute Gasteiger partial charge is 0.265 e. The maximum absolute atomic E-state index is 12.6. The van der Waals surface area contributed by atoms with Gasteiger partial charge in [0.1, 0.15) is 17.5 Å². The van der Waals surface area contributed by atoms with Crippen molar-refractivity contribution in [2.24, 2.45) is 7.05 Å². The van der Waals surface area contributed by atoms with E-state index in [9.17, 15) is 9.59 Å². The van der Waals surface area contributed by atoms with Gasteiger partial charge in [0, 0.05) is 26.7 Å². The van der Waals surface area contributed by atoms with Gasteiger partial charge >= 0.3 is 0 Å². The Kier molecular flexibility index (Phi) is 5.18. The first kappa shape index (κ1) is 17.9. The molecule has 26 heavy (non-hydrogen) atoms. The third kappa shape index (κ3) is 3.67. The van der Waals surface area contributed by atoms with Gasteiger partial charge in [0.2, 0.25) is 5.71 Å². The molecule has 1 aromatic carbocycles. The van der Waals surface area contributed by atoms with E-state index in [1.807, 2.05) is 25.2 Å². The number of amides is 1. The fourth-order valence-corrected chi connectivity index (χ4v) is 2.88. The molecule has 136 valence electrons. The predicted molar refractivity (Wildman–Crippen MR) is 99.1 cm³/mol. The molecule has 7 heteroatoms. The number of hydrogen-bond acceptors (Lipinski definition) is 5. The highest BCUT2D eigenvalue weighted by Gasteiger charge is 2.22. The van der Waals surface area contributed by atoms with E-state index >= 15 is 0 Å². The van der Waals surface area contributed by atoms with Crippen molar-refractivity contribution in [3.05, 3.63) is 63.9 Å². The fourth-order valence-electron chi connectivity index (χ4n) is 2.88. The molecule has 3 rings (SSSR count).